The Bertz CT molecular complexity index is 1110. The van der Waals surface area contributed by atoms with Crippen LogP contribution in [0.1, 0.15) is 53.8 Å². The van der Waals surface area contributed by atoms with Crippen molar-refractivity contribution in [1.82, 2.24) is 9.88 Å². The van der Waals surface area contributed by atoms with E-state index in [1.807, 2.05) is 36.1 Å². The van der Waals surface area contributed by atoms with Gasteiger partial charge in [-0.25, -0.2) is 0 Å². The Labute approximate surface area is 200 Å². The summed E-state index contributed by atoms with van der Waals surface area (Å²) >= 11 is 0. The zero-order valence-electron chi connectivity index (χ0n) is 19.4. The highest BCUT2D eigenvalue weighted by atomic mass is 16.6. The molecule has 0 saturated carbocycles. The summed E-state index contributed by atoms with van der Waals surface area (Å²) in [5.74, 6) is 0.451. The topological polar surface area (TPSA) is 88.4 Å². The van der Waals surface area contributed by atoms with E-state index in [0.29, 0.717) is 30.3 Å². The Hall–Kier alpha value is -3.74. The number of carbonyl (C=O) groups is 1. The minimum atomic E-state index is -0.444. The number of amides is 1. The highest BCUT2D eigenvalue weighted by Crippen LogP contribution is 2.30. The third kappa shape index (κ3) is 5.78. The molecule has 2 heterocycles. The van der Waals surface area contributed by atoms with Crippen LogP contribution < -0.4 is 5.32 Å². The van der Waals surface area contributed by atoms with E-state index >= 15 is 0 Å². The molecule has 1 aliphatic heterocycles. The van der Waals surface area contributed by atoms with Crippen molar-refractivity contribution in [3.63, 3.8) is 0 Å². The second-order valence-corrected chi connectivity index (χ2v) is 8.87. The molecule has 1 saturated heterocycles. The lowest BCUT2D eigenvalue weighted by Crippen LogP contribution is -2.38. The SMILES string of the molecule is CC(Nc1ccc(C(=O)N2CCC(CCc3ccccc3)CC2)cc1[N+](=O)[O-])c1ccccn1. The standard InChI is InChI=1S/C27H30N4O3/c1-20(24-9-5-6-16-28-24)29-25-13-12-23(19-26(25)31(33)34)27(32)30-17-14-22(15-18-30)11-10-21-7-3-2-4-8-21/h2-9,12-13,16,19-20,22,29H,10-11,14-15,17-18H2,1H3. The van der Waals surface area contributed by atoms with Crippen molar-refractivity contribution >= 4 is 17.3 Å². The van der Waals surface area contributed by atoms with Crippen LogP contribution in [-0.2, 0) is 6.42 Å². The number of rotatable bonds is 8. The Morgan fingerprint density at radius 1 is 1.12 bits per heavy atom. The van der Waals surface area contributed by atoms with Gasteiger partial charge in [-0.3, -0.25) is 19.9 Å². The second kappa shape index (κ2) is 10.9. The Morgan fingerprint density at radius 3 is 2.53 bits per heavy atom. The molecule has 34 heavy (non-hydrogen) atoms. The number of carbonyl (C=O) groups excluding carboxylic acids is 1. The molecule has 2 aromatic carbocycles. The number of nitrogens with one attached hydrogen (secondary N) is 1. The van der Waals surface area contributed by atoms with Crippen LogP contribution in [0.2, 0.25) is 0 Å². The van der Waals surface area contributed by atoms with Gasteiger partial charge in [0.05, 0.1) is 16.7 Å². The number of nitro benzene ring substituents is 1. The lowest BCUT2D eigenvalue weighted by molar-refractivity contribution is -0.384. The normalized spacial score (nSPS) is 15.0. The van der Waals surface area contributed by atoms with Crippen LogP contribution in [0.25, 0.3) is 0 Å². The van der Waals surface area contributed by atoms with E-state index in [-0.39, 0.29) is 17.6 Å². The summed E-state index contributed by atoms with van der Waals surface area (Å²) in [5.41, 5.74) is 2.75. The van der Waals surface area contributed by atoms with Gasteiger partial charge in [0.2, 0.25) is 0 Å². The number of anilines is 1. The number of aromatic nitrogens is 1. The third-order valence-corrected chi connectivity index (χ3v) is 6.53. The first-order chi connectivity index (χ1) is 16.5. The number of piperidine rings is 1. The Kier molecular flexibility index (Phi) is 7.52. The van der Waals surface area contributed by atoms with E-state index < -0.39 is 4.92 Å². The predicted octanol–water partition coefficient (Wildman–Crippen LogP) is 5.65. The molecule has 7 nitrogen and oxygen atoms in total. The van der Waals surface area contributed by atoms with Gasteiger partial charge in [0.25, 0.3) is 11.6 Å². The minimum absolute atomic E-state index is 0.105. The first-order valence-corrected chi connectivity index (χ1v) is 11.8. The maximum Gasteiger partial charge on any atom is 0.293 e. The Balaban J connectivity index is 1.37. The number of aryl methyl sites for hydroxylation is 1. The molecule has 1 fully saturated rings. The van der Waals surface area contributed by atoms with Crippen molar-refractivity contribution < 1.29 is 9.72 Å². The molecular weight excluding hydrogens is 428 g/mol. The molecule has 7 heteroatoms. The minimum Gasteiger partial charge on any atom is -0.371 e. The zero-order chi connectivity index (χ0) is 23.9. The largest absolute Gasteiger partial charge is 0.371 e. The molecular formula is C27H30N4O3. The molecule has 1 amide bonds. The highest BCUT2D eigenvalue weighted by molar-refractivity contribution is 5.95. The summed E-state index contributed by atoms with van der Waals surface area (Å²) in [6.07, 6.45) is 5.78. The number of nitrogens with zero attached hydrogens (tertiary/aromatic N) is 3. The average Bonchev–Trinajstić information content (AvgIpc) is 2.88. The summed E-state index contributed by atoms with van der Waals surface area (Å²) in [6.45, 7) is 3.26. The molecule has 0 radical (unpaired) electrons. The van der Waals surface area contributed by atoms with Crippen LogP contribution in [0.3, 0.4) is 0 Å². The molecule has 1 aliphatic rings. The molecule has 3 aromatic rings. The molecule has 1 atom stereocenters. The number of likely N-dealkylation sites (tertiary alicyclic amines) is 1. The van der Waals surface area contributed by atoms with Crippen molar-refractivity contribution in [2.24, 2.45) is 5.92 Å². The van der Waals surface area contributed by atoms with Gasteiger partial charge in [0.15, 0.2) is 0 Å². The third-order valence-electron chi connectivity index (χ3n) is 6.53. The van der Waals surface area contributed by atoms with E-state index in [4.69, 9.17) is 0 Å². The monoisotopic (exact) mass is 458 g/mol. The summed E-state index contributed by atoms with van der Waals surface area (Å²) in [7, 11) is 0. The van der Waals surface area contributed by atoms with Crippen LogP contribution in [0.5, 0.6) is 0 Å². The van der Waals surface area contributed by atoms with Gasteiger partial charge in [-0.05, 0) is 68.4 Å². The van der Waals surface area contributed by atoms with Gasteiger partial charge in [-0.1, -0.05) is 36.4 Å². The van der Waals surface area contributed by atoms with Crippen LogP contribution in [0.4, 0.5) is 11.4 Å². The lowest BCUT2D eigenvalue weighted by atomic mass is 9.90. The highest BCUT2D eigenvalue weighted by Gasteiger charge is 2.26. The van der Waals surface area contributed by atoms with Crippen LogP contribution in [-0.4, -0.2) is 33.8 Å². The van der Waals surface area contributed by atoms with Gasteiger partial charge < -0.3 is 10.2 Å². The average molecular weight is 459 g/mol. The van der Waals surface area contributed by atoms with Crippen LogP contribution in [0, 0.1) is 16.0 Å². The molecule has 1 N–H and O–H groups in total. The second-order valence-electron chi connectivity index (χ2n) is 8.87. The molecule has 1 unspecified atom stereocenters. The fraction of sp³-hybridized carbons (Fsp3) is 0.333. The predicted molar refractivity (Wildman–Crippen MR) is 133 cm³/mol. The van der Waals surface area contributed by atoms with Gasteiger partial charge in [-0.2, -0.15) is 0 Å². The first-order valence-electron chi connectivity index (χ1n) is 11.8. The van der Waals surface area contributed by atoms with Gasteiger partial charge in [0.1, 0.15) is 5.69 Å². The van der Waals surface area contributed by atoms with E-state index in [1.165, 1.54) is 11.6 Å². The fourth-order valence-electron chi connectivity index (χ4n) is 4.50. The van der Waals surface area contributed by atoms with E-state index in [1.54, 1.807) is 18.3 Å². The number of benzene rings is 2. The molecule has 0 aliphatic carbocycles. The Morgan fingerprint density at radius 2 is 1.85 bits per heavy atom. The first kappa shape index (κ1) is 23.4. The number of nitro groups is 1. The fourth-order valence-corrected chi connectivity index (χ4v) is 4.50. The summed E-state index contributed by atoms with van der Waals surface area (Å²) in [4.78, 5) is 30.5. The van der Waals surface area contributed by atoms with Gasteiger partial charge in [-0.15, -0.1) is 0 Å². The van der Waals surface area contributed by atoms with Crippen LogP contribution in [0.15, 0.2) is 72.9 Å². The number of hydrogen-bond acceptors (Lipinski definition) is 5. The molecule has 0 bridgehead atoms. The maximum atomic E-state index is 13.1. The lowest BCUT2D eigenvalue weighted by Gasteiger charge is -2.32. The summed E-state index contributed by atoms with van der Waals surface area (Å²) in [5, 5.41) is 14.9. The van der Waals surface area contributed by atoms with E-state index in [2.05, 4.69) is 34.6 Å². The van der Waals surface area contributed by atoms with Crippen molar-refractivity contribution in [3.8, 4) is 0 Å². The summed E-state index contributed by atoms with van der Waals surface area (Å²) < 4.78 is 0. The molecule has 1 aromatic heterocycles. The smallest absolute Gasteiger partial charge is 0.293 e. The van der Waals surface area contributed by atoms with Crippen molar-refractivity contribution in [2.45, 2.75) is 38.6 Å². The van der Waals surface area contributed by atoms with E-state index in [0.717, 1.165) is 31.4 Å². The zero-order valence-corrected chi connectivity index (χ0v) is 19.4. The van der Waals surface area contributed by atoms with Crippen molar-refractivity contribution in [1.29, 1.82) is 0 Å². The maximum absolute atomic E-state index is 13.1. The van der Waals surface area contributed by atoms with Gasteiger partial charge >= 0.3 is 0 Å². The van der Waals surface area contributed by atoms with Gasteiger partial charge in [0, 0.05) is 30.9 Å². The quantitative estimate of drug-likeness (QED) is 0.348. The summed E-state index contributed by atoms with van der Waals surface area (Å²) in [6, 6.07) is 20.5. The van der Waals surface area contributed by atoms with Crippen molar-refractivity contribution in [3.05, 3.63) is 99.9 Å². The molecule has 4 rings (SSSR count). The van der Waals surface area contributed by atoms with Crippen molar-refractivity contribution in [2.75, 3.05) is 18.4 Å². The van der Waals surface area contributed by atoms with Crippen LogP contribution >= 0.6 is 0 Å². The van der Waals surface area contributed by atoms with E-state index in [9.17, 15) is 14.9 Å². The molecule has 176 valence electrons. The molecule has 0 spiro atoms. The number of pyridine rings is 1. The number of hydrogen-bond donors (Lipinski definition) is 1.